The van der Waals surface area contributed by atoms with Crippen LogP contribution in [0.5, 0.6) is 0 Å². The van der Waals surface area contributed by atoms with Crippen molar-refractivity contribution >= 4 is 58.2 Å². The summed E-state index contributed by atoms with van der Waals surface area (Å²) >= 11 is 13.0. The Bertz CT molecular complexity index is 1190. The minimum atomic E-state index is -0.561. The Kier molecular flexibility index (Phi) is 7.17. The average Bonchev–Trinajstić information content (AvgIpc) is 2.76. The number of ether oxygens (including phenoxy) is 1. The lowest BCUT2D eigenvalue weighted by molar-refractivity contribution is -0.387. The largest absolute Gasteiger partial charge is 0.465 e. The number of carbonyl (C=O) groups excluding carboxylic acids is 2. The number of benzene rings is 3. The first-order chi connectivity index (χ1) is 14.8. The molecule has 0 fully saturated rings. The second-order valence-corrected chi connectivity index (χ2v) is 8.07. The van der Waals surface area contributed by atoms with E-state index in [1.807, 2.05) is 0 Å². The number of hydrogen-bond donors (Lipinski definition) is 1. The minimum Gasteiger partial charge on any atom is -0.465 e. The van der Waals surface area contributed by atoms with Crippen molar-refractivity contribution in [2.75, 3.05) is 12.4 Å². The van der Waals surface area contributed by atoms with Gasteiger partial charge in [0.05, 0.1) is 32.5 Å². The van der Waals surface area contributed by atoms with Gasteiger partial charge in [0.1, 0.15) is 0 Å². The maximum atomic E-state index is 12.6. The smallest absolute Gasteiger partial charge is 0.337 e. The summed E-state index contributed by atoms with van der Waals surface area (Å²) < 4.78 is 4.65. The Morgan fingerprint density at radius 1 is 1.00 bits per heavy atom. The van der Waals surface area contributed by atoms with Crippen LogP contribution in [-0.4, -0.2) is 23.9 Å². The van der Waals surface area contributed by atoms with E-state index < -0.39 is 16.8 Å². The molecule has 10 heteroatoms. The summed E-state index contributed by atoms with van der Waals surface area (Å²) in [5, 5.41) is 14.9. The molecule has 7 nitrogen and oxygen atoms in total. The third-order valence-electron chi connectivity index (χ3n) is 4.08. The van der Waals surface area contributed by atoms with Gasteiger partial charge in [-0.25, -0.2) is 4.79 Å². The maximum Gasteiger partial charge on any atom is 0.337 e. The number of nitrogens with one attached hydrogen (secondary N) is 1. The van der Waals surface area contributed by atoms with E-state index in [4.69, 9.17) is 23.2 Å². The van der Waals surface area contributed by atoms with Crippen molar-refractivity contribution in [1.29, 1.82) is 0 Å². The number of esters is 1. The van der Waals surface area contributed by atoms with E-state index in [1.165, 1.54) is 31.4 Å². The molecule has 158 valence electrons. The summed E-state index contributed by atoms with van der Waals surface area (Å²) in [7, 11) is 1.25. The number of carbonyl (C=O) groups is 2. The van der Waals surface area contributed by atoms with Crippen molar-refractivity contribution < 1.29 is 19.2 Å². The summed E-state index contributed by atoms with van der Waals surface area (Å²) in [5.41, 5.74) is 0.477. The highest BCUT2D eigenvalue weighted by molar-refractivity contribution is 7.99. The molecule has 3 aromatic rings. The molecule has 3 aromatic carbocycles. The molecule has 1 amide bonds. The van der Waals surface area contributed by atoms with E-state index in [2.05, 4.69) is 10.1 Å². The molecular weight excluding hydrogens is 463 g/mol. The third kappa shape index (κ3) is 5.55. The summed E-state index contributed by atoms with van der Waals surface area (Å²) in [4.78, 5) is 36.3. The fraction of sp³-hybridized carbons (Fsp3) is 0.0476. The van der Waals surface area contributed by atoms with Crippen LogP contribution in [0.15, 0.2) is 70.5 Å². The number of nitrogens with zero attached hydrogens (tertiary/aromatic N) is 1. The lowest BCUT2D eigenvalue weighted by Crippen LogP contribution is -2.13. The predicted octanol–water partition coefficient (Wildman–Crippen LogP) is 6.09. The molecule has 1 N–H and O–H groups in total. The Morgan fingerprint density at radius 3 is 2.45 bits per heavy atom. The number of anilines is 1. The Balaban J connectivity index is 1.84. The summed E-state index contributed by atoms with van der Waals surface area (Å²) in [6.45, 7) is 0. The maximum absolute atomic E-state index is 12.6. The van der Waals surface area contributed by atoms with Crippen molar-refractivity contribution in [3.63, 3.8) is 0 Å². The molecule has 0 aliphatic carbocycles. The molecule has 0 aliphatic rings. The molecule has 0 aliphatic heterocycles. The fourth-order valence-corrected chi connectivity index (χ4v) is 3.90. The molecule has 0 unspecified atom stereocenters. The van der Waals surface area contributed by atoms with Crippen molar-refractivity contribution in [2.24, 2.45) is 0 Å². The number of hydrogen-bond acceptors (Lipinski definition) is 6. The van der Waals surface area contributed by atoms with Gasteiger partial charge in [-0.3, -0.25) is 14.9 Å². The average molecular weight is 477 g/mol. The first kappa shape index (κ1) is 22.6. The molecule has 0 saturated heterocycles. The fourth-order valence-electron chi connectivity index (χ4n) is 2.60. The quantitative estimate of drug-likeness (QED) is 0.262. The Hall–Kier alpha value is -3.07. The highest BCUT2D eigenvalue weighted by atomic mass is 35.5. The van der Waals surface area contributed by atoms with Gasteiger partial charge < -0.3 is 10.1 Å². The molecule has 3 rings (SSSR count). The number of rotatable bonds is 6. The lowest BCUT2D eigenvalue weighted by Gasteiger charge is -2.09. The van der Waals surface area contributed by atoms with Gasteiger partial charge in [-0.05, 0) is 48.5 Å². The SMILES string of the molecule is COC(=O)c1cccc(NC(=O)c2ccc(Sc3ccc(Cl)c(Cl)c3)c([N+](=O)[O-])c2)c1. The first-order valence-electron chi connectivity index (χ1n) is 8.69. The van der Waals surface area contributed by atoms with Crippen LogP contribution < -0.4 is 5.32 Å². The van der Waals surface area contributed by atoms with Gasteiger partial charge in [0.25, 0.3) is 11.6 Å². The van der Waals surface area contributed by atoms with Crippen LogP contribution in [-0.2, 0) is 4.74 Å². The zero-order valence-electron chi connectivity index (χ0n) is 15.9. The van der Waals surface area contributed by atoms with E-state index in [1.54, 1.807) is 36.4 Å². The minimum absolute atomic E-state index is 0.0914. The van der Waals surface area contributed by atoms with Crippen LogP contribution in [0.1, 0.15) is 20.7 Å². The van der Waals surface area contributed by atoms with E-state index >= 15 is 0 Å². The number of nitro groups is 1. The van der Waals surface area contributed by atoms with Crippen molar-refractivity contribution in [1.82, 2.24) is 0 Å². The van der Waals surface area contributed by atoms with E-state index in [0.717, 1.165) is 11.8 Å². The van der Waals surface area contributed by atoms with Gasteiger partial charge in [-0.2, -0.15) is 0 Å². The third-order valence-corrected chi connectivity index (χ3v) is 5.87. The zero-order valence-corrected chi connectivity index (χ0v) is 18.3. The van der Waals surface area contributed by atoms with Gasteiger partial charge in [0, 0.05) is 22.2 Å². The van der Waals surface area contributed by atoms with Gasteiger partial charge in [-0.15, -0.1) is 0 Å². The monoisotopic (exact) mass is 476 g/mol. The van der Waals surface area contributed by atoms with Crippen LogP contribution in [0, 0.1) is 10.1 Å². The van der Waals surface area contributed by atoms with E-state index in [-0.39, 0.29) is 16.8 Å². The van der Waals surface area contributed by atoms with Gasteiger partial charge in [0.15, 0.2) is 0 Å². The zero-order chi connectivity index (χ0) is 22.5. The van der Waals surface area contributed by atoms with Crippen molar-refractivity contribution in [2.45, 2.75) is 9.79 Å². The number of halogens is 2. The number of amides is 1. The van der Waals surface area contributed by atoms with Gasteiger partial charge in [0.2, 0.25) is 0 Å². The van der Waals surface area contributed by atoms with Gasteiger partial charge >= 0.3 is 5.97 Å². The standard InChI is InChI=1S/C21H14Cl2N2O5S/c1-30-21(27)13-3-2-4-14(9-13)24-20(26)12-5-8-19(18(10-12)25(28)29)31-15-6-7-16(22)17(23)11-15/h2-11H,1H3,(H,24,26). The van der Waals surface area contributed by atoms with Crippen LogP contribution in [0.25, 0.3) is 0 Å². The van der Waals surface area contributed by atoms with E-state index in [9.17, 15) is 19.7 Å². The molecule has 0 heterocycles. The second kappa shape index (κ2) is 9.82. The Morgan fingerprint density at radius 2 is 1.77 bits per heavy atom. The van der Waals surface area contributed by atoms with Crippen LogP contribution in [0.2, 0.25) is 10.0 Å². The molecule has 0 spiro atoms. The van der Waals surface area contributed by atoms with Crippen LogP contribution in [0.4, 0.5) is 11.4 Å². The highest BCUT2D eigenvalue weighted by Gasteiger charge is 2.19. The highest BCUT2D eigenvalue weighted by Crippen LogP contribution is 2.37. The molecule has 0 aromatic heterocycles. The molecule has 0 bridgehead atoms. The van der Waals surface area contributed by atoms with Crippen LogP contribution in [0.3, 0.4) is 0 Å². The molecule has 0 saturated carbocycles. The van der Waals surface area contributed by atoms with E-state index in [0.29, 0.717) is 25.5 Å². The molecule has 0 atom stereocenters. The van der Waals surface area contributed by atoms with Crippen molar-refractivity contribution in [3.8, 4) is 0 Å². The normalized spacial score (nSPS) is 10.4. The van der Waals surface area contributed by atoms with Crippen LogP contribution >= 0.6 is 35.0 Å². The topological polar surface area (TPSA) is 98.5 Å². The first-order valence-corrected chi connectivity index (χ1v) is 10.3. The second-order valence-electron chi connectivity index (χ2n) is 6.14. The molecule has 31 heavy (non-hydrogen) atoms. The van der Waals surface area contributed by atoms with Crippen molar-refractivity contribution in [3.05, 3.63) is 92.0 Å². The molecule has 0 radical (unpaired) electrons. The lowest BCUT2D eigenvalue weighted by atomic mass is 10.1. The number of nitro benzene ring substituents is 1. The molecular formula is C21H14Cl2N2O5S. The predicted molar refractivity (Wildman–Crippen MR) is 119 cm³/mol. The summed E-state index contributed by atoms with van der Waals surface area (Å²) in [6.07, 6.45) is 0. The Labute approximate surface area is 191 Å². The van der Waals surface area contributed by atoms with Gasteiger partial charge in [-0.1, -0.05) is 41.0 Å². The number of methoxy groups -OCH3 is 1. The summed E-state index contributed by atoms with van der Waals surface area (Å²) in [6, 6.07) is 15.2. The summed E-state index contributed by atoms with van der Waals surface area (Å²) in [5.74, 6) is -1.10.